The molecule has 3 heteroatoms. The fraction of sp³-hybridized carbons (Fsp3) is 0.913. The Morgan fingerprint density at radius 2 is 1.65 bits per heavy atom. The highest BCUT2D eigenvalue weighted by atomic mass is 16.6. The minimum Gasteiger partial charge on any atom is -0.451 e. The molecule has 0 aromatic heterocycles. The summed E-state index contributed by atoms with van der Waals surface area (Å²) in [5, 5.41) is 0. The molecule has 3 nitrogen and oxygen atoms in total. The molecule has 0 unspecified atom stereocenters. The first-order valence-electron chi connectivity index (χ1n) is 10.9. The molecule has 7 atom stereocenters. The van der Waals surface area contributed by atoms with Gasteiger partial charge >= 0.3 is 5.97 Å². The first-order chi connectivity index (χ1) is 12.2. The first kappa shape index (κ1) is 18.5. The summed E-state index contributed by atoms with van der Waals surface area (Å²) in [6.07, 6.45) is 12.1. The van der Waals surface area contributed by atoms with Crippen LogP contribution < -0.4 is 0 Å². The van der Waals surface area contributed by atoms with Crippen molar-refractivity contribution in [2.75, 3.05) is 0 Å². The molecule has 4 aliphatic rings. The number of carbonyl (C=O) groups is 2. The van der Waals surface area contributed by atoms with Crippen molar-refractivity contribution in [1.82, 2.24) is 0 Å². The van der Waals surface area contributed by atoms with E-state index in [1.165, 1.54) is 51.9 Å². The summed E-state index contributed by atoms with van der Waals surface area (Å²) in [7, 11) is 0. The van der Waals surface area contributed by atoms with Crippen LogP contribution in [0.1, 0.15) is 91.9 Å². The molecule has 26 heavy (non-hydrogen) atoms. The van der Waals surface area contributed by atoms with Gasteiger partial charge in [0.1, 0.15) is 0 Å². The number of ketones is 1. The molecule has 0 radical (unpaired) electrons. The number of esters is 1. The quantitative estimate of drug-likeness (QED) is 0.627. The molecule has 0 bridgehead atoms. The molecule has 0 heterocycles. The van der Waals surface area contributed by atoms with Gasteiger partial charge in [0.15, 0.2) is 11.4 Å². The summed E-state index contributed by atoms with van der Waals surface area (Å²) in [4.78, 5) is 24.1. The fourth-order valence-corrected chi connectivity index (χ4v) is 7.98. The average molecular weight is 361 g/mol. The van der Waals surface area contributed by atoms with Crippen molar-refractivity contribution in [2.45, 2.75) is 97.5 Å². The molecule has 0 aliphatic heterocycles. The summed E-state index contributed by atoms with van der Waals surface area (Å²) in [6.45, 7) is 8.11. The number of hydrogen-bond donors (Lipinski definition) is 0. The molecule has 0 aromatic rings. The Kier molecular flexibility index (Phi) is 4.32. The third kappa shape index (κ3) is 2.59. The number of hydrogen-bond acceptors (Lipinski definition) is 3. The molecular formula is C23H36O3. The van der Waals surface area contributed by atoms with Crippen LogP contribution in [0.4, 0.5) is 0 Å². The summed E-state index contributed by atoms with van der Waals surface area (Å²) in [5.74, 6) is 2.87. The van der Waals surface area contributed by atoms with E-state index in [2.05, 4.69) is 13.8 Å². The molecule has 0 spiro atoms. The second-order valence-corrected chi connectivity index (χ2v) is 10.6. The van der Waals surface area contributed by atoms with Crippen LogP contribution in [0.15, 0.2) is 0 Å². The highest BCUT2D eigenvalue weighted by molar-refractivity contribution is 5.87. The first-order valence-corrected chi connectivity index (χ1v) is 10.9. The van der Waals surface area contributed by atoms with Crippen LogP contribution in [0.5, 0.6) is 0 Å². The van der Waals surface area contributed by atoms with Gasteiger partial charge in [0.25, 0.3) is 0 Å². The third-order valence-electron chi connectivity index (χ3n) is 9.47. The SMILES string of the molecule is CC(=O)O[C@]1(C(C)=O)CC[C@@]2(C)[C@@H](CC[C@H]3[C@H]4CCC[C@@]4(C)CC[C@@H]32)C1. The van der Waals surface area contributed by atoms with Crippen LogP contribution in [-0.4, -0.2) is 17.4 Å². The maximum absolute atomic E-state index is 12.4. The predicted octanol–water partition coefficient (Wildman–Crippen LogP) is 5.31. The lowest BCUT2D eigenvalue weighted by Crippen LogP contribution is -2.57. The van der Waals surface area contributed by atoms with Crippen LogP contribution in [0.3, 0.4) is 0 Å². The second-order valence-electron chi connectivity index (χ2n) is 10.6. The fourth-order valence-electron chi connectivity index (χ4n) is 7.98. The largest absolute Gasteiger partial charge is 0.451 e. The monoisotopic (exact) mass is 360 g/mol. The number of fused-ring (bicyclic) bond motifs is 5. The van der Waals surface area contributed by atoms with E-state index in [4.69, 9.17) is 4.74 Å². The Morgan fingerprint density at radius 3 is 2.35 bits per heavy atom. The van der Waals surface area contributed by atoms with E-state index >= 15 is 0 Å². The van der Waals surface area contributed by atoms with E-state index < -0.39 is 5.60 Å². The van der Waals surface area contributed by atoms with Gasteiger partial charge < -0.3 is 4.74 Å². The van der Waals surface area contributed by atoms with Gasteiger partial charge in [0.05, 0.1) is 0 Å². The second kappa shape index (κ2) is 6.07. The molecular weight excluding hydrogens is 324 g/mol. The van der Waals surface area contributed by atoms with E-state index in [0.29, 0.717) is 16.7 Å². The normalized spacial score (nSPS) is 50.3. The molecule has 4 fully saturated rings. The Hall–Kier alpha value is -0.860. The lowest BCUT2D eigenvalue weighted by molar-refractivity contribution is -0.186. The van der Waals surface area contributed by atoms with Gasteiger partial charge in [-0.1, -0.05) is 20.3 Å². The van der Waals surface area contributed by atoms with Gasteiger partial charge in [-0.05, 0) is 99.2 Å². The van der Waals surface area contributed by atoms with Crippen molar-refractivity contribution in [2.24, 2.45) is 34.5 Å². The number of ether oxygens (including phenoxy) is 1. The zero-order chi connectivity index (χ0) is 18.7. The van der Waals surface area contributed by atoms with Crippen LogP contribution >= 0.6 is 0 Å². The predicted molar refractivity (Wildman–Crippen MR) is 102 cm³/mol. The van der Waals surface area contributed by atoms with Crippen LogP contribution in [0.25, 0.3) is 0 Å². The molecule has 4 rings (SSSR count). The smallest absolute Gasteiger partial charge is 0.303 e. The van der Waals surface area contributed by atoms with Crippen LogP contribution in [0.2, 0.25) is 0 Å². The van der Waals surface area contributed by atoms with Crippen molar-refractivity contribution in [1.29, 1.82) is 0 Å². The van der Waals surface area contributed by atoms with Crippen LogP contribution in [0, 0.1) is 34.5 Å². The molecule has 0 saturated heterocycles. The summed E-state index contributed by atoms with van der Waals surface area (Å²) in [6, 6.07) is 0. The Morgan fingerprint density at radius 1 is 0.885 bits per heavy atom. The maximum Gasteiger partial charge on any atom is 0.303 e. The van der Waals surface area contributed by atoms with Gasteiger partial charge in [0, 0.05) is 6.92 Å². The highest BCUT2D eigenvalue weighted by Gasteiger charge is 2.60. The number of carbonyl (C=O) groups excluding carboxylic acids is 2. The van der Waals surface area contributed by atoms with Gasteiger partial charge in [-0.3, -0.25) is 9.59 Å². The van der Waals surface area contributed by atoms with Crippen molar-refractivity contribution in [3.63, 3.8) is 0 Å². The van der Waals surface area contributed by atoms with Gasteiger partial charge in [-0.15, -0.1) is 0 Å². The number of rotatable bonds is 2. The average Bonchev–Trinajstić information content (AvgIpc) is 2.96. The van der Waals surface area contributed by atoms with Gasteiger partial charge in [-0.2, -0.15) is 0 Å². The van der Waals surface area contributed by atoms with Crippen molar-refractivity contribution in [3.8, 4) is 0 Å². The molecule has 0 N–H and O–H groups in total. The van der Waals surface area contributed by atoms with Crippen LogP contribution in [-0.2, 0) is 14.3 Å². The number of Topliss-reactive ketones (excluding diaryl/α,β-unsaturated/α-hetero) is 1. The van der Waals surface area contributed by atoms with E-state index in [-0.39, 0.29) is 11.8 Å². The standard InChI is InChI=1S/C23H36O3/c1-15(24)23(26-16(2)25)13-12-22(4)17(14-23)7-8-18-19-6-5-10-21(19,3)11-9-20(18)22/h17-20H,5-14H2,1-4H3/t17-,18-,19+,20-,21-,22-,23+/m0/s1. The van der Waals surface area contributed by atoms with Crippen molar-refractivity contribution in [3.05, 3.63) is 0 Å². The summed E-state index contributed by atoms with van der Waals surface area (Å²) >= 11 is 0. The van der Waals surface area contributed by atoms with E-state index in [1.54, 1.807) is 6.92 Å². The van der Waals surface area contributed by atoms with Gasteiger partial charge in [0.2, 0.25) is 0 Å². The summed E-state index contributed by atoms with van der Waals surface area (Å²) in [5.41, 5.74) is 0.0746. The minimum absolute atomic E-state index is 0.0453. The maximum atomic E-state index is 12.4. The zero-order valence-electron chi connectivity index (χ0n) is 17.1. The minimum atomic E-state index is -0.848. The van der Waals surface area contributed by atoms with E-state index in [9.17, 15) is 9.59 Å². The van der Waals surface area contributed by atoms with Crippen molar-refractivity contribution < 1.29 is 14.3 Å². The van der Waals surface area contributed by atoms with E-state index in [1.807, 2.05) is 0 Å². The Balaban J connectivity index is 1.59. The Bertz CT molecular complexity index is 613. The van der Waals surface area contributed by atoms with E-state index in [0.717, 1.165) is 37.0 Å². The summed E-state index contributed by atoms with van der Waals surface area (Å²) < 4.78 is 5.67. The zero-order valence-corrected chi connectivity index (χ0v) is 17.1. The molecule has 0 amide bonds. The molecule has 146 valence electrons. The lowest BCUT2D eigenvalue weighted by Gasteiger charge is -2.61. The van der Waals surface area contributed by atoms with Gasteiger partial charge in [-0.25, -0.2) is 0 Å². The topological polar surface area (TPSA) is 43.4 Å². The van der Waals surface area contributed by atoms with Crippen molar-refractivity contribution >= 4 is 11.8 Å². The highest BCUT2D eigenvalue weighted by Crippen LogP contribution is 2.67. The molecule has 4 saturated carbocycles. The lowest BCUT2D eigenvalue weighted by atomic mass is 9.44. The third-order valence-corrected chi connectivity index (χ3v) is 9.47. The molecule has 0 aromatic carbocycles. The Labute approximate surface area is 158 Å². The molecule has 4 aliphatic carbocycles.